The number of hydrogen-bond acceptors (Lipinski definition) is 1. The van der Waals surface area contributed by atoms with E-state index < -0.39 is 0 Å². The summed E-state index contributed by atoms with van der Waals surface area (Å²) in [4.78, 5) is 12.0. The van der Waals surface area contributed by atoms with Crippen molar-refractivity contribution in [1.82, 2.24) is 5.32 Å². The lowest BCUT2D eigenvalue weighted by atomic mass is 10.0. The average molecular weight is 274 g/mol. The van der Waals surface area contributed by atoms with Gasteiger partial charge in [-0.15, -0.1) is 11.6 Å². The van der Waals surface area contributed by atoms with Crippen molar-refractivity contribution in [1.29, 1.82) is 0 Å². The quantitative estimate of drug-likeness (QED) is 0.834. The number of hydrogen-bond donors (Lipinski definition) is 1. The van der Waals surface area contributed by atoms with Gasteiger partial charge in [0.05, 0.1) is 0 Å². The number of halogens is 2. The van der Waals surface area contributed by atoms with E-state index >= 15 is 0 Å². The molecule has 4 heteroatoms. The van der Waals surface area contributed by atoms with Gasteiger partial charge in [-0.1, -0.05) is 24.6 Å². The van der Waals surface area contributed by atoms with Crippen LogP contribution in [0.15, 0.2) is 18.2 Å². The minimum atomic E-state index is -0.102. The third-order valence-electron chi connectivity index (χ3n) is 2.90. The zero-order valence-electron chi connectivity index (χ0n) is 10.3. The highest BCUT2D eigenvalue weighted by Crippen LogP contribution is 2.16. The van der Waals surface area contributed by atoms with Gasteiger partial charge in [-0.05, 0) is 37.5 Å². The standard InChI is InChI=1S/C13H17Cl2NO/c1-8-4-5-11(15)6-12(8)13(17)16-10(3)9(2)7-14/h4-6,9-10H,7H2,1-3H3,(H,16,17). The molecule has 0 saturated heterocycles. The summed E-state index contributed by atoms with van der Waals surface area (Å²) in [7, 11) is 0. The number of carbonyl (C=O) groups excluding carboxylic acids is 1. The van der Waals surface area contributed by atoms with Crippen LogP contribution in [0.2, 0.25) is 5.02 Å². The van der Waals surface area contributed by atoms with E-state index in [1.54, 1.807) is 12.1 Å². The van der Waals surface area contributed by atoms with Crippen LogP contribution in [0.25, 0.3) is 0 Å². The second kappa shape index (κ2) is 6.27. The summed E-state index contributed by atoms with van der Waals surface area (Å²) < 4.78 is 0. The minimum Gasteiger partial charge on any atom is -0.349 e. The lowest BCUT2D eigenvalue weighted by Crippen LogP contribution is -2.38. The Morgan fingerprint density at radius 3 is 2.65 bits per heavy atom. The Labute approximate surface area is 112 Å². The molecule has 0 aliphatic heterocycles. The van der Waals surface area contributed by atoms with Crippen molar-refractivity contribution >= 4 is 29.1 Å². The van der Waals surface area contributed by atoms with Crippen LogP contribution in [0.4, 0.5) is 0 Å². The van der Waals surface area contributed by atoms with Crippen molar-refractivity contribution in [2.75, 3.05) is 5.88 Å². The van der Waals surface area contributed by atoms with Gasteiger partial charge < -0.3 is 5.32 Å². The molecule has 17 heavy (non-hydrogen) atoms. The number of nitrogens with one attached hydrogen (secondary N) is 1. The fourth-order valence-corrected chi connectivity index (χ4v) is 1.84. The van der Waals surface area contributed by atoms with Gasteiger partial charge >= 0.3 is 0 Å². The monoisotopic (exact) mass is 273 g/mol. The number of alkyl halides is 1. The molecule has 0 bridgehead atoms. The summed E-state index contributed by atoms with van der Waals surface area (Å²) >= 11 is 11.6. The van der Waals surface area contributed by atoms with Crippen molar-refractivity contribution < 1.29 is 4.79 Å². The van der Waals surface area contributed by atoms with Crippen molar-refractivity contribution in [2.24, 2.45) is 5.92 Å². The fourth-order valence-electron chi connectivity index (χ4n) is 1.40. The van der Waals surface area contributed by atoms with Crippen LogP contribution in [0, 0.1) is 12.8 Å². The van der Waals surface area contributed by atoms with E-state index in [1.165, 1.54) is 0 Å². The molecule has 0 aliphatic rings. The van der Waals surface area contributed by atoms with Crippen LogP contribution in [0.5, 0.6) is 0 Å². The van der Waals surface area contributed by atoms with Crippen LogP contribution < -0.4 is 5.32 Å². The van der Waals surface area contributed by atoms with E-state index in [1.807, 2.05) is 26.8 Å². The molecular formula is C13H17Cl2NO. The molecule has 94 valence electrons. The number of carbonyl (C=O) groups is 1. The summed E-state index contributed by atoms with van der Waals surface area (Å²) in [6.07, 6.45) is 0. The molecule has 0 aromatic heterocycles. The Balaban J connectivity index is 2.79. The largest absolute Gasteiger partial charge is 0.349 e. The van der Waals surface area contributed by atoms with Crippen molar-refractivity contribution in [3.05, 3.63) is 34.3 Å². The first-order valence-corrected chi connectivity index (χ1v) is 6.50. The van der Waals surface area contributed by atoms with Gasteiger partial charge in [-0.3, -0.25) is 4.79 Å². The summed E-state index contributed by atoms with van der Waals surface area (Å²) in [6.45, 7) is 5.84. The maximum atomic E-state index is 12.0. The van der Waals surface area contributed by atoms with Gasteiger partial charge in [-0.25, -0.2) is 0 Å². The number of amides is 1. The third-order valence-corrected chi connectivity index (χ3v) is 3.62. The molecule has 0 saturated carbocycles. The van der Waals surface area contributed by atoms with Crippen LogP contribution in [0.3, 0.4) is 0 Å². The number of aryl methyl sites for hydroxylation is 1. The van der Waals surface area contributed by atoms with Gasteiger partial charge in [0.25, 0.3) is 5.91 Å². The minimum absolute atomic E-state index is 0.0402. The number of benzene rings is 1. The van der Waals surface area contributed by atoms with Crippen molar-refractivity contribution in [2.45, 2.75) is 26.8 Å². The van der Waals surface area contributed by atoms with E-state index in [9.17, 15) is 4.79 Å². The molecule has 1 aromatic rings. The first-order valence-electron chi connectivity index (χ1n) is 5.58. The Morgan fingerprint density at radius 1 is 1.41 bits per heavy atom. The second-order valence-electron chi connectivity index (χ2n) is 4.35. The zero-order chi connectivity index (χ0) is 13.0. The van der Waals surface area contributed by atoms with E-state index in [0.717, 1.165) is 5.56 Å². The molecule has 1 aromatic carbocycles. The highest BCUT2D eigenvalue weighted by atomic mass is 35.5. The van der Waals surface area contributed by atoms with Crippen molar-refractivity contribution in [3.8, 4) is 0 Å². The predicted molar refractivity (Wildman–Crippen MR) is 73.0 cm³/mol. The molecule has 0 aliphatic carbocycles. The molecule has 1 amide bonds. The molecule has 0 fully saturated rings. The topological polar surface area (TPSA) is 29.1 Å². The molecule has 2 nitrogen and oxygen atoms in total. The lowest BCUT2D eigenvalue weighted by molar-refractivity contribution is 0.0930. The van der Waals surface area contributed by atoms with Crippen LogP contribution in [0.1, 0.15) is 29.8 Å². The predicted octanol–water partition coefficient (Wildman–Crippen LogP) is 3.64. The van der Waals surface area contributed by atoms with E-state index in [4.69, 9.17) is 23.2 Å². The second-order valence-corrected chi connectivity index (χ2v) is 5.10. The van der Waals surface area contributed by atoms with Crippen LogP contribution in [-0.2, 0) is 0 Å². The lowest BCUT2D eigenvalue weighted by Gasteiger charge is -2.19. The van der Waals surface area contributed by atoms with E-state index in [0.29, 0.717) is 16.5 Å². The molecule has 0 spiro atoms. The highest BCUT2D eigenvalue weighted by molar-refractivity contribution is 6.31. The molecule has 1 N–H and O–H groups in total. The molecule has 2 atom stereocenters. The summed E-state index contributed by atoms with van der Waals surface area (Å²) in [5, 5.41) is 3.50. The van der Waals surface area contributed by atoms with Gasteiger partial charge in [0, 0.05) is 22.5 Å². The Kier molecular flexibility index (Phi) is 5.29. The van der Waals surface area contributed by atoms with Gasteiger partial charge in [0.15, 0.2) is 0 Å². The van der Waals surface area contributed by atoms with Gasteiger partial charge in [0.1, 0.15) is 0 Å². The normalized spacial score (nSPS) is 14.2. The molecular weight excluding hydrogens is 257 g/mol. The highest BCUT2D eigenvalue weighted by Gasteiger charge is 2.16. The first-order chi connectivity index (χ1) is 7.95. The summed E-state index contributed by atoms with van der Waals surface area (Å²) in [5.41, 5.74) is 1.53. The molecule has 0 radical (unpaired) electrons. The van der Waals surface area contributed by atoms with Crippen LogP contribution >= 0.6 is 23.2 Å². The third kappa shape index (κ3) is 3.90. The maximum Gasteiger partial charge on any atom is 0.251 e. The smallest absolute Gasteiger partial charge is 0.251 e. The average Bonchev–Trinajstić information content (AvgIpc) is 2.30. The molecule has 2 unspecified atom stereocenters. The maximum absolute atomic E-state index is 12.0. The number of rotatable bonds is 4. The van der Waals surface area contributed by atoms with E-state index in [-0.39, 0.29) is 17.9 Å². The Bertz CT molecular complexity index is 406. The van der Waals surface area contributed by atoms with E-state index in [2.05, 4.69) is 5.32 Å². The summed E-state index contributed by atoms with van der Waals surface area (Å²) in [6, 6.07) is 5.34. The fraction of sp³-hybridized carbons (Fsp3) is 0.462. The first kappa shape index (κ1) is 14.3. The molecule has 0 heterocycles. The summed E-state index contributed by atoms with van der Waals surface area (Å²) in [5.74, 6) is 0.658. The molecule has 1 rings (SSSR count). The zero-order valence-corrected chi connectivity index (χ0v) is 11.8. The van der Waals surface area contributed by atoms with Crippen LogP contribution in [-0.4, -0.2) is 17.8 Å². The van der Waals surface area contributed by atoms with Crippen molar-refractivity contribution in [3.63, 3.8) is 0 Å². The van der Waals surface area contributed by atoms with Gasteiger partial charge in [-0.2, -0.15) is 0 Å². The Morgan fingerprint density at radius 2 is 2.06 bits per heavy atom. The Hall–Kier alpha value is -0.730. The SMILES string of the molecule is Cc1ccc(Cl)cc1C(=O)NC(C)C(C)CCl. The van der Waals surface area contributed by atoms with Gasteiger partial charge in [0.2, 0.25) is 0 Å².